The molecule has 0 atom stereocenters. The van der Waals surface area contributed by atoms with E-state index in [4.69, 9.17) is 9.47 Å². The van der Waals surface area contributed by atoms with Gasteiger partial charge in [-0.3, -0.25) is 0 Å². The Morgan fingerprint density at radius 1 is 1.00 bits per heavy atom. The number of hydrogen-bond acceptors (Lipinski definition) is 3. The predicted molar refractivity (Wildman–Crippen MR) is 80.8 cm³/mol. The average molecular weight is 278 g/mol. The van der Waals surface area contributed by atoms with Crippen molar-refractivity contribution in [2.45, 2.75) is 51.4 Å². The number of methoxy groups -OCH3 is 2. The zero-order valence-corrected chi connectivity index (χ0v) is 13.0. The molecule has 112 valence electrons. The van der Waals surface area contributed by atoms with Crippen LogP contribution in [-0.2, 0) is 5.41 Å². The van der Waals surface area contributed by atoms with Gasteiger partial charge in [0.2, 0.25) is 5.75 Å². The molecule has 1 fully saturated rings. The second kappa shape index (κ2) is 5.94. The molecule has 3 nitrogen and oxygen atoms in total. The van der Waals surface area contributed by atoms with Gasteiger partial charge in [-0.1, -0.05) is 33.1 Å². The Morgan fingerprint density at radius 3 is 1.95 bits per heavy atom. The Morgan fingerprint density at radius 2 is 1.50 bits per heavy atom. The summed E-state index contributed by atoms with van der Waals surface area (Å²) in [6.07, 6.45) is 6.55. The summed E-state index contributed by atoms with van der Waals surface area (Å²) >= 11 is 0. The monoisotopic (exact) mass is 278 g/mol. The second-order valence-corrected chi connectivity index (χ2v) is 6.29. The van der Waals surface area contributed by atoms with Crippen LogP contribution in [-0.4, -0.2) is 19.3 Å². The van der Waals surface area contributed by atoms with E-state index >= 15 is 0 Å². The Labute approximate surface area is 121 Å². The number of aromatic hydroxyl groups is 1. The predicted octanol–water partition coefficient (Wildman–Crippen LogP) is 4.27. The first-order valence-corrected chi connectivity index (χ1v) is 7.46. The summed E-state index contributed by atoms with van der Waals surface area (Å²) in [5.41, 5.74) is 1.24. The highest BCUT2D eigenvalue weighted by Gasteiger charge is 2.33. The molecule has 1 saturated carbocycles. The zero-order valence-electron chi connectivity index (χ0n) is 13.0. The van der Waals surface area contributed by atoms with E-state index in [1.807, 2.05) is 12.1 Å². The third-order valence-electron chi connectivity index (χ3n) is 4.85. The smallest absolute Gasteiger partial charge is 0.200 e. The molecular formula is C17H26O3. The summed E-state index contributed by atoms with van der Waals surface area (Å²) in [7, 11) is 3.15. The van der Waals surface area contributed by atoms with Crippen molar-refractivity contribution in [2.24, 2.45) is 5.92 Å². The lowest BCUT2D eigenvalue weighted by Gasteiger charge is -2.38. The van der Waals surface area contributed by atoms with E-state index in [-0.39, 0.29) is 11.2 Å². The lowest BCUT2D eigenvalue weighted by atomic mass is 9.67. The molecule has 1 aliphatic carbocycles. The Hall–Kier alpha value is -1.38. The molecule has 0 spiro atoms. The molecule has 1 aromatic rings. The molecule has 20 heavy (non-hydrogen) atoms. The van der Waals surface area contributed by atoms with Crippen molar-refractivity contribution < 1.29 is 14.6 Å². The van der Waals surface area contributed by atoms with E-state index < -0.39 is 0 Å². The minimum Gasteiger partial charge on any atom is -0.502 e. The molecule has 0 unspecified atom stereocenters. The van der Waals surface area contributed by atoms with Gasteiger partial charge in [0.1, 0.15) is 0 Å². The van der Waals surface area contributed by atoms with E-state index in [1.165, 1.54) is 37.7 Å². The topological polar surface area (TPSA) is 38.7 Å². The van der Waals surface area contributed by atoms with Crippen LogP contribution < -0.4 is 9.47 Å². The number of phenols is 1. The summed E-state index contributed by atoms with van der Waals surface area (Å²) < 4.78 is 10.6. The molecule has 0 amide bonds. The summed E-state index contributed by atoms with van der Waals surface area (Å²) in [6, 6.07) is 3.90. The first kappa shape index (κ1) is 15.0. The van der Waals surface area contributed by atoms with Gasteiger partial charge in [-0.2, -0.15) is 0 Å². The van der Waals surface area contributed by atoms with E-state index in [1.54, 1.807) is 14.2 Å². The lowest BCUT2D eigenvalue weighted by Crippen LogP contribution is -2.30. The lowest BCUT2D eigenvalue weighted by molar-refractivity contribution is 0.234. The van der Waals surface area contributed by atoms with Crippen LogP contribution in [0, 0.1) is 5.92 Å². The van der Waals surface area contributed by atoms with Gasteiger partial charge in [-0.15, -0.1) is 0 Å². The van der Waals surface area contributed by atoms with Crippen LogP contribution >= 0.6 is 0 Å². The van der Waals surface area contributed by atoms with Gasteiger partial charge in [-0.05, 0) is 41.9 Å². The molecule has 0 bridgehead atoms. The van der Waals surface area contributed by atoms with Gasteiger partial charge in [0.25, 0.3) is 0 Å². The van der Waals surface area contributed by atoms with Crippen molar-refractivity contribution in [3.63, 3.8) is 0 Å². The Kier molecular flexibility index (Phi) is 4.46. The quantitative estimate of drug-likeness (QED) is 0.894. The van der Waals surface area contributed by atoms with Crippen LogP contribution in [0.3, 0.4) is 0 Å². The molecule has 0 radical (unpaired) electrons. The summed E-state index contributed by atoms with van der Waals surface area (Å²) in [6.45, 7) is 4.57. The summed E-state index contributed by atoms with van der Waals surface area (Å²) in [5.74, 6) is 1.74. The molecule has 0 aromatic heterocycles. The molecule has 1 N–H and O–H groups in total. The Balaban J connectivity index is 2.39. The highest BCUT2D eigenvalue weighted by molar-refractivity contribution is 5.54. The standard InChI is InChI=1S/C17H26O3/c1-17(2,12-8-6-5-7-9-12)13-10-14(19-3)16(18)15(11-13)20-4/h10-12,18H,5-9H2,1-4H3. The molecular weight excluding hydrogens is 252 g/mol. The molecule has 0 aliphatic heterocycles. The first-order valence-electron chi connectivity index (χ1n) is 7.46. The van der Waals surface area contributed by atoms with Crippen molar-refractivity contribution in [1.82, 2.24) is 0 Å². The van der Waals surface area contributed by atoms with Crippen molar-refractivity contribution >= 4 is 0 Å². The van der Waals surface area contributed by atoms with E-state index in [9.17, 15) is 5.11 Å². The normalized spacial score (nSPS) is 17.0. The maximum Gasteiger partial charge on any atom is 0.200 e. The third kappa shape index (κ3) is 2.72. The molecule has 1 aliphatic rings. The fourth-order valence-electron chi connectivity index (χ4n) is 3.33. The number of hydrogen-bond donors (Lipinski definition) is 1. The minimum absolute atomic E-state index is 0.0642. The number of benzene rings is 1. The van der Waals surface area contributed by atoms with Crippen LogP contribution in [0.5, 0.6) is 17.2 Å². The van der Waals surface area contributed by atoms with Gasteiger partial charge in [-0.25, -0.2) is 0 Å². The van der Waals surface area contributed by atoms with Gasteiger partial charge < -0.3 is 14.6 Å². The molecule has 1 aromatic carbocycles. The average Bonchev–Trinajstić information content (AvgIpc) is 2.48. The fourth-order valence-corrected chi connectivity index (χ4v) is 3.33. The first-order chi connectivity index (χ1) is 9.50. The van der Waals surface area contributed by atoms with Gasteiger partial charge in [0, 0.05) is 0 Å². The number of ether oxygens (including phenoxy) is 2. The second-order valence-electron chi connectivity index (χ2n) is 6.29. The molecule has 2 rings (SSSR count). The third-order valence-corrected chi connectivity index (χ3v) is 4.85. The van der Waals surface area contributed by atoms with Crippen molar-refractivity contribution in [3.8, 4) is 17.2 Å². The highest BCUT2D eigenvalue weighted by Crippen LogP contribution is 2.45. The molecule has 0 saturated heterocycles. The maximum atomic E-state index is 10.0. The van der Waals surface area contributed by atoms with Crippen molar-refractivity contribution in [3.05, 3.63) is 17.7 Å². The summed E-state index contributed by atoms with van der Waals surface area (Å²) in [5, 5.41) is 10.0. The van der Waals surface area contributed by atoms with Crippen molar-refractivity contribution in [1.29, 1.82) is 0 Å². The molecule has 0 heterocycles. The number of phenolic OH excluding ortho intramolecular Hbond substituents is 1. The van der Waals surface area contributed by atoms with Gasteiger partial charge in [0.05, 0.1) is 14.2 Å². The molecule has 3 heteroatoms. The summed E-state index contributed by atoms with van der Waals surface area (Å²) in [4.78, 5) is 0. The maximum absolute atomic E-state index is 10.0. The highest BCUT2D eigenvalue weighted by atomic mass is 16.5. The van der Waals surface area contributed by atoms with Crippen LogP contribution in [0.25, 0.3) is 0 Å². The minimum atomic E-state index is 0.0642. The van der Waals surface area contributed by atoms with Crippen molar-refractivity contribution in [2.75, 3.05) is 14.2 Å². The van der Waals surface area contributed by atoms with Crippen LogP contribution in [0.2, 0.25) is 0 Å². The van der Waals surface area contributed by atoms with E-state index in [0.717, 1.165) is 0 Å². The van der Waals surface area contributed by atoms with E-state index in [2.05, 4.69) is 13.8 Å². The van der Waals surface area contributed by atoms with Gasteiger partial charge >= 0.3 is 0 Å². The van der Waals surface area contributed by atoms with Crippen LogP contribution in [0.4, 0.5) is 0 Å². The zero-order chi connectivity index (χ0) is 14.8. The SMILES string of the molecule is COc1cc(C(C)(C)C2CCCCC2)cc(OC)c1O. The van der Waals surface area contributed by atoms with Gasteiger partial charge in [0.15, 0.2) is 11.5 Å². The van der Waals surface area contributed by atoms with E-state index in [0.29, 0.717) is 17.4 Å². The largest absolute Gasteiger partial charge is 0.502 e. The Bertz CT molecular complexity index is 434. The van der Waals surface area contributed by atoms with Crippen LogP contribution in [0.15, 0.2) is 12.1 Å². The van der Waals surface area contributed by atoms with Crippen LogP contribution in [0.1, 0.15) is 51.5 Å². The number of rotatable bonds is 4. The fraction of sp³-hybridized carbons (Fsp3) is 0.647.